The molecule has 0 heterocycles. The quantitative estimate of drug-likeness (QED) is 0.0261. The Morgan fingerprint density at radius 3 is 0.762 bits per heavy atom. The van der Waals surface area contributed by atoms with Gasteiger partial charge >= 0.3 is 17.9 Å². The van der Waals surface area contributed by atoms with Gasteiger partial charge in [-0.1, -0.05) is 371 Å². The van der Waals surface area contributed by atoms with Crippen LogP contribution < -0.4 is 0 Å². The first-order valence-corrected chi connectivity index (χ1v) is 35.6. The third-order valence-electron chi connectivity index (χ3n) is 16.1. The van der Waals surface area contributed by atoms with Crippen molar-refractivity contribution in [3.8, 4) is 0 Å². The Morgan fingerprint density at radius 1 is 0.263 bits per heavy atom. The third kappa shape index (κ3) is 66.2. The van der Waals surface area contributed by atoms with Crippen LogP contribution in [0.5, 0.6) is 0 Å². The smallest absolute Gasteiger partial charge is 0.306 e. The van der Waals surface area contributed by atoms with E-state index < -0.39 is 6.10 Å². The summed E-state index contributed by atoms with van der Waals surface area (Å²) in [5.41, 5.74) is 0. The average Bonchev–Trinajstić information content (AvgIpc) is 3.46. The Hall–Kier alpha value is -2.63. The van der Waals surface area contributed by atoms with Crippen molar-refractivity contribution in [1.82, 2.24) is 0 Å². The predicted molar refractivity (Wildman–Crippen MR) is 349 cm³/mol. The van der Waals surface area contributed by atoms with Crippen molar-refractivity contribution in [2.24, 2.45) is 0 Å². The van der Waals surface area contributed by atoms with E-state index in [-0.39, 0.29) is 37.5 Å². The van der Waals surface area contributed by atoms with E-state index in [0.717, 1.165) is 64.2 Å². The zero-order chi connectivity index (χ0) is 57.8. The van der Waals surface area contributed by atoms with Gasteiger partial charge in [-0.3, -0.25) is 14.4 Å². The lowest BCUT2D eigenvalue weighted by Gasteiger charge is -2.18. The maximum atomic E-state index is 12.9. The molecule has 0 aliphatic carbocycles. The van der Waals surface area contributed by atoms with E-state index in [9.17, 15) is 14.4 Å². The monoisotopic (exact) mass is 1120 g/mol. The van der Waals surface area contributed by atoms with Gasteiger partial charge < -0.3 is 14.2 Å². The number of allylic oxidation sites excluding steroid dienone is 8. The van der Waals surface area contributed by atoms with Crippen LogP contribution in [0.25, 0.3) is 0 Å². The molecule has 1 atom stereocenters. The molecule has 0 aliphatic rings. The number of carbonyl (C=O) groups excluding carboxylic acids is 3. The molecule has 6 heteroatoms. The second kappa shape index (κ2) is 68.9. The molecule has 468 valence electrons. The van der Waals surface area contributed by atoms with Gasteiger partial charge in [0.1, 0.15) is 13.2 Å². The van der Waals surface area contributed by atoms with Crippen LogP contribution in [0, 0.1) is 0 Å². The van der Waals surface area contributed by atoms with Gasteiger partial charge in [-0.25, -0.2) is 0 Å². The first-order chi connectivity index (χ1) is 39.5. The van der Waals surface area contributed by atoms with Crippen molar-refractivity contribution >= 4 is 17.9 Å². The van der Waals surface area contributed by atoms with Crippen LogP contribution in [-0.4, -0.2) is 37.2 Å². The number of carbonyl (C=O) groups is 3. The van der Waals surface area contributed by atoms with Crippen LogP contribution in [0.3, 0.4) is 0 Å². The lowest BCUT2D eigenvalue weighted by atomic mass is 10.0. The first-order valence-electron chi connectivity index (χ1n) is 35.6. The summed E-state index contributed by atoms with van der Waals surface area (Å²) in [6, 6.07) is 0. The lowest BCUT2D eigenvalue weighted by Crippen LogP contribution is -2.30. The fourth-order valence-electron chi connectivity index (χ4n) is 10.8. The van der Waals surface area contributed by atoms with Crippen LogP contribution in [-0.2, 0) is 28.6 Å². The molecule has 0 bridgehead atoms. The van der Waals surface area contributed by atoms with Gasteiger partial charge in [0.05, 0.1) is 0 Å². The van der Waals surface area contributed by atoms with Gasteiger partial charge in [-0.15, -0.1) is 0 Å². The molecule has 0 aromatic heterocycles. The van der Waals surface area contributed by atoms with Crippen LogP contribution in [0.1, 0.15) is 387 Å². The van der Waals surface area contributed by atoms with Crippen molar-refractivity contribution in [1.29, 1.82) is 0 Å². The summed E-state index contributed by atoms with van der Waals surface area (Å²) < 4.78 is 16.9. The summed E-state index contributed by atoms with van der Waals surface area (Å²) >= 11 is 0. The number of ether oxygens (including phenoxy) is 3. The number of rotatable bonds is 66. The van der Waals surface area contributed by atoms with Crippen molar-refractivity contribution in [3.05, 3.63) is 48.6 Å². The van der Waals surface area contributed by atoms with Crippen molar-refractivity contribution in [2.75, 3.05) is 13.2 Å². The van der Waals surface area contributed by atoms with Gasteiger partial charge in [0, 0.05) is 19.3 Å². The highest BCUT2D eigenvalue weighted by Gasteiger charge is 2.19. The summed E-state index contributed by atoms with van der Waals surface area (Å²) in [6.07, 6.45) is 87.5. The summed E-state index contributed by atoms with van der Waals surface area (Å²) in [5, 5.41) is 0. The Bertz CT molecular complexity index is 1380. The molecule has 0 aromatic carbocycles. The van der Waals surface area contributed by atoms with Crippen LogP contribution >= 0.6 is 0 Å². The number of hydrogen-bond donors (Lipinski definition) is 0. The number of esters is 3. The maximum Gasteiger partial charge on any atom is 0.306 e. The van der Waals surface area contributed by atoms with Crippen LogP contribution in [0.15, 0.2) is 48.6 Å². The summed E-state index contributed by atoms with van der Waals surface area (Å²) in [6.45, 7) is 6.54. The molecule has 0 spiro atoms. The van der Waals surface area contributed by atoms with Gasteiger partial charge in [0.25, 0.3) is 0 Å². The van der Waals surface area contributed by atoms with Crippen LogP contribution in [0.2, 0.25) is 0 Å². The highest BCUT2D eigenvalue weighted by molar-refractivity contribution is 5.71. The fraction of sp³-hybridized carbons (Fsp3) is 0.851. The molecule has 0 radical (unpaired) electrons. The molecule has 1 unspecified atom stereocenters. The van der Waals surface area contributed by atoms with Gasteiger partial charge in [0.15, 0.2) is 6.10 Å². The molecule has 0 rings (SSSR count). The maximum absolute atomic E-state index is 12.9. The zero-order valence-corrected chi connectivity index (χ0v) is 53.9. The minimum atomic E-state index is -0.800. The van der Waals surface area contributed by atoms with Crippen molar-refractivity contribution in [2.45, 2.75) is 393 Å². The SMILES string of the molecule is CC/C=C\C/C=C\C/C=C\C/C=C\CCC(=O)OCC(COC(=O)CCCCCCCCCCCCCCCCCCCCCCCCCCCCC)OC(=O)CCCCCCCCCCCCCCCCCCCCCCCC. The topological polar surface area (TPSA) is 78.9 Å². The second-order valence-corrected chi connectivity index (χ2v) is 24.1. The minimum absolute atomic E-state index is 0.0897. The fourth-order valence-corrected chi connectivity index (χ4v) is 10.8. The van der Waals surface area contributed by atoms with Crippen molar-refractivity contribution < 1.29 is 28.6 Å². The largest absolute Gasteiger partial charge is 0.462 e. The average molecular weight is 1120 g/mol. The molecule has 0 saturated heterocycles. The molecular formula is C74H136O6. The number of hydrogen-bond acceptors (Lipinski definition) is 6. The van der Waals surface area contributed by atoms with Crippen molar-refractivity contribution in [3.63, 3.8) is 0 Å². The molecule has 0 N–H and O–H groups in total. The van der Waals surface area contributed by atoms with E-state index in [2.05, 4.69) is 63.3 Å². The summed E-state index contributed by atoms with van der Waals surface area (Å²) in [7, 11) is 0. The van der Waals surface area contributed by atoms with Gasteiger partial charge in [0.2, 0.25) is 0 Å². The molecule has 0 fully saturated rings. The summed E-state index contributed by atoms with van der Waals surface area (Å²) in [5.74, 6) is -0.948. The molecule has 0 aliphatic heterocycles. The predicted octanol–water partition coefficient (Wildman–Crippen LogP) is 24.5. The minimum Gasteiger partial charge on any atom is -0.462 e. The van der Waals surface area contributed by atoms with Gasteiger partial charge in [-0.05, 0) is 44.9 Å². The van der Waals surface area contributed by atoms with Crippen LogP contribution in [0.4, 0.5) is 0 Å². The molecule has 0 amide bonds. The number of unbranched alkanes of at least 4 members (excludes halogenated alkanes) is 47. The van der Waals surface area contributed by atoms with E-state index in [1.807, 2.05) is 6.08 Å². The highest BCUT2D eigenvalue weighted by Crippen LogP contribution is 2.19. The molecular weight excluding hydrogens is 985 g/mol. The highest BCUT2D eigenvalue weighted by atomic mass is 16.6. The second-order valence-electron chi connectivity index (χ2n) is 24.1. The Morgan fingerprint density at radius 2 is 0.487 bits per heavy atom. The first kappa shape index (κ1) is 77.4. The molecule has 6 nitrogen and oxygen atoms in total. The Labute approximate surface area is 498 Å². The zero-order valence-electron chi connectivity index (χ0n) is 53.9. The Balaban J connectivity index is 4.22. The Kier molecular flexibility index (Phi) is 66.6. The van der Waals surface area contributed by atoms with E-state index >= 15 is 0 Å². The molecule has 0 aromatic rings. The van der Waals surface area contributed by atoms with Gasteiger partial charge in [-0.2, -0.15) is 0 Å². The summed E-state index contributed by atoms with van der Waals surface area (Å²) in [4.78, 5) is 38.4. The molecule has 0 saturated carbocycles. The van der Waals surface area contributed by atoms with E-state index in [1.165, 1.54) is 276 Å². The standard InChI is InChI=1S/C74H136O6/c1-4-7-10-13-16-19-22-25-27-29-31-33-35-36-37-38-39-41-42-44-46-49-52-55-58-61-64-67-73(76)79-70-71(69-78-72(75)66-63-60-57-54-51-48-24-21-18-15-12-9-6-3)80-74(77)68-65-62-59-56-53-50-47-45-43-40-34-32-30-28-26-23-20-17-14-11-8-5-2/h9,12,18,21,48,51,57,60,71H,4-8,10-11,13-17,19-20,22-47,49-50,52-56,58-59,61-70H2,1-3H3/b12-9-,21-18-,51-48-,60-57-. The third-order valence-corrected chi connectivity index (χ3v) is 16.1. The molecule has 80 heavy (non-hydrogen) atoms. The lowest BCUT2D eigenvalue weighted by molar-refractivity contribution is -0.166. The normalized spacial score (nSPS) is 12.3. The van der Waals surface area contributed by atoms with E-state index in [0.29, 0.717) is 19.3 Å². The van der Waals surface area contributed by atoms with E-state index in [1.54, 1.807) is 0 Å². The van der Waals surface area contributed by atoms with E-state index in [4.69, 9.17) is 14.2 Å².